The second kappa shape index (κ2) is 13.9. The van der Waals surface area contributed by atoms with Crippen LogP contribution < -0.4 is 15.0 Å². The number of fused-ring (bicyclic) bond motifs is 1. The van der Waals surface area contributed by atoms with Crippen LogP contribution in [0.2, 0.25) is 0 Å². The first-order valence-corrected chi connectivity index (χ1v) is 15.8. The Morgan fingerprint density at radius 3 is 2.76 bits per heavy atom. The number of amides is 1. The zero-order valence-electron chi connectivity index (χ0n) is 26.7. The van der Waals surface area contributed by atoms with Crippen molar-refractivity contribution in [2.24, 2.45) is 5.10 Å². The molecule has 5 rings (SSSR count). The second-order valence-electron chi connectivity index (χ2n) is 11.9. The Bertz CT molecular complexity index is 1720. The molecule has 1 aromatic carbocycles. The lowest BCUT2D eigenvalue weighted by Gasteiger charge is -2.42. The van der Waals surface area contributed by atoms with Crippen LogP contribution in [0.1, 0.15) is 39.7 Å². The SMILES string of the molecule is C=C1C=C(Oc2ccc(Nc3ncnc4cc(Br)c(N5CCN(C(=O)OC(C)(C)C)C(CCO)C5)nc34)cc2C)C=CN1/N=C\C. The first-order chi connectivity index (χ1) is 22.0. The number of anilines is 3. The Balaban J connectivity index is 1.35. The molecule has 1 unspecified atom stereocenters. The number of aromatic nitrogens is 3. The zero-order chi connectivity index (χ0) is 33.0. The van der Waals surface area contributed by atoms with Crippen molar-refractivity contribution < 1.29 is 19.4 Å². The number of carbonyl (C=O) groups excluding carboxylic acids is 1. The predicted octanol–water partition coefficient (Wildman–Crippen LogP) is 6.26. The summed E-state index contributed by atoms with van der Waals surface area (Å²) in [7, 11) is 0. The van der Waals surface area contributed by atoms with Crippen LogP contribution in [0, 0.1) is 6.92 Å². The molecule has 2 aliphatic rings. The zero-order valence-corrected chi connectivity index (χ0v) is 28.3. The number of nitrogens with zero attached hydrogens (tertiary/aromatic N) is 7. The molecule has 13 heteroatoms. The van der Waals surface area contributed by atoms with E-state index in [1.165, 1.54) is 6.33 Å². The minimum absolute atomic E-state index is 0.0501. The number of nitrogens with one attached hydrogen (secondary N) is 1. The molecule has 4 heterocycles. The lowest BCUT2D eigenvalue weighted by atomic mass is 10.1. The van der Waals surface area contributed by atoms with E-state index in [4.69, 9.17) is 14.5 Å². The maximum Gasteiger partial charge on any atom is 0.410 e. The Labute approximate surface area is 277 Å². The van der Waals surface area contributed by atoms with Gasteiger partial charge in [0.15, 0.2) is 5.82 Å². The number of hydrogen-bond donors (Lipinski definition) is 2. The van der Waals surface area contributed by atoms with Gasteiger partial charge in [0, 0.05) is 50.4 Å². The van der Waals surface area contributed by atoms with Crippen molar-refractivity contribution >= 4 is 56.6 Å². The van der Waals surface area contributed by atoms with Gasteiger partial charge in [0.1, 0.15) is 34.8 Å². The normalized spacial score (nSPS) is 17.1. The van der Waals surface area contributed by atoms with E-state index in [1.54, 1.807) is 22.3 Å². The van der Waals surface area contributed by atoms with Crippen LogP contribution in [-0.4, -0.2) is 80.2 Å². The maximum atomic E-state index is 12.9. The van der Waals surface area contributed by atoms with E-state index in [1.807, 2.05) is 71.0 Å². The van der Waals surface area contributed by atoms with Crippen LogP contribution in [-0.2, 0) is 4.74 Å². The van der Waals surface area contributed by atoms with Gasteiger partial charge in [-0.15, -0.1) is 0 Å². The summed E-state index contributed by atoms with van der Waals surface area (Å²) in [6, 6.07) is 7.47. The van der Waals surface area contributed by atoms with Crippen molar-refractivity contribution in [1.82, 2.24) is 24.9 Å². The molecule has 1 atom stereocenters. The molecule has 0 spiro atoms. The van der Waals surface area contributed by atoms with E-state index in [-0.39, 0.29) is 18.7 Å². The van der Waals surface area contributed by atoms with Crippen molar-refractivity contribution in [2.45, 2.75) is 52.7 Å². The molecule has 1 fully saturated rings. The molecular formula is C33H39BrN8O4. The van der Waals surface area contributed by atoms with Gasteiger partial charge in [-0.3, -0.25) is 0 Å². The average molecular weight is 692 g/mol. The summed E-state index contributed by atoms with van der Waals surface area (Å²) in [5.74, 6) is 2.63. The molecule has 1 saturated heterocycles. The van der Waals surface area contributed by atoms with E-state index in [0.29, 0.717) is 65.9 Å². The molecule has 0 radical (unpaired) electrons. The van der Waals surface area contributed by atoms with Crippen molar-refractivity contribution in [3.05, 3.63) is 77.0 Å². The van der Waals surface area contributed by atoms with Crippen LogP contribution >= 0.6 is 15.9 Å². The van der Waals surface area contributed by atoms with Crippen LogP contribution in [0.5, 0.6) is 5.75 Å². The smallest absolute Gasteiger partial charge is 0.410 e. The van der Waals surface area contributed by atoms with Gasteiger partial charge < -0.3 is 29.7 Å². The highest BCUT2D eigenvalue weighted by Crippen LogP contribution is 2.33. The summed E-state index contributed by atoms with van der Waals surface area (Å²) in [5.41, 5.74) is 3.10. The van der Waals surface area contributed by atoms with E-state index in [0.717, 1.165) is 15.7 Å². The number of allylic oxidation sites excluding steroid dienone is 2. The van der Waals surface area contributed by atoms with E-state index in [9.17, 15) is 9.90 Å². The number of ether oxygens (including phenoxy) is 2. The first-order valence-electron chi connectivity index (χ1n) is 15.0. The minimum atomic E-state index is -0.609. The van der Waals surface area contributed by atoms with Crippen LogP contribution in [0.25, 0.3) is 11.0 Å². The molecule has 1 amide bonds. The van der Waals surface area contributed by atoms with Crippen LogP contribution in [0.3, 0.4) is 0 Å². The summed E-state index contributed by atoms with van der Waals surface area (Å²) in [6.45, 7) is 14.8. The molecule has 0 bridgehead atoms. The maximum absolute atomic E-state index is 12.9. The largest absolute Gasteiger partial charge is 0.457 e. The molecule has 12 nitrogen and oxygen atoms in total. The highest BCUT2D eigenvalue weighted by atomic mass is 79.9. The van der Waals surface area contributed by atoms with Gasteiger partial charge in [-0.1, -0.05) is 6.58 Å². The molecule has 3 aromatic rings. The molecule has 2 N–H and O–H groups in total. The molecule has 2 aliphatic heterocycles. The number of aliphatic hydroxyl groups is 1. The fourth-order valence-electron chi connectivity index (χ4n) is 5.19. The van der Waals surface area contributed by atoms with Gasteiger partial charge in [0.25, 0.3) is 0 Å². The number of rotatable bonds is 8. The Morgan fingerprint density at radius 2 is 2.07 bits per heavy atom. The lowest BCUT2D eigenvalue weighted by Crippen LogP contribution is -2.56. The molecular weight excluding hydrogens is 652 g/mol. The molecule has 0 saturated carbocycles. The predicted molar refractivity (Wildman–Crippen MR) is 183 cm³/mol. The molecule has 46 heavy (non-hydrogen) atoms. The number of hydrazone groups is 1. The van der Waals surface area contributed by atoms with Gasteiger partial charge >= 0.3 is 6.09 Å². The van der Waals surface area contributed by atoms with Gasteiger partial charge in [0.2, 0.25) is 0 Å². The van der Waals surface area contributed by atoms with Crippen molar-refractivity contribution in [3.63, 3.8) is 0 Å². The second-order valence-corrected chi connectivity index (χ2v) is 12.8. The van der Waals surface area contributed by atoms with E-state index >= 15 is 0 Å². The number of hydrogen-bond acceptors (Lipinski definition) is 11. The number of halogens is 1. The summed E-state index contributed by atoms with van der Waals surface area (Å²) in [4.78, 5) is 30.7. The highest BCUT2D eigenvalue weighted by Gasteiger charge is 2.34. The summed E-state index contributed by atoms with van der Waals surface area (Å²) < 4.78 is 12.5. The molecule has 0 aliphatic carbocycles. The fourth-order valence-corrected chi connectivity index (χ4v) is 5.75. The number of benzene rings is 1. The summed E-state index contributed by atoms with van der Waals surface area (Å²) >= 11 is 3.68. The number of aliphatic hydroxyl groups excluding tert-OH is 1. The van der Waals surface area contributed by atoms with Gasteiger partial charge in [0.05, 0.1) is 21.7 Å². The number of carbonyl (C=O) groups is 1. The quantitative estimate of drug-likeness (QED) is 0.261. The van der Waals surface area contributed by atoms with Gasteiger partial charge in [-0.05, 0) is 92.9 Å². The van der Waals surface area contributed by atoms with Crippen LogP contribution in [0.4, 0.5) is 22.1 Å². The third-order valence-electron chi connectivity index (χ3n) is 7.31. The summed E-state index contributed by atoms with van der Waals surface area (Å²) in [5, 5.41) is 19.1. The standard InChI is InChI=1S/C33H39BrN8O4/c1-7-37-42-12-10-25(17-22(42)3)45-28-9-8-23(16-21(28)2)38-30-29-27(35-20-36-30)18-26(34)31(39-29)40-13-14-41(24(19-40)11-15-43)32(44)46-33(4,5)6/h7-10,12,16-18,20,24,43H,3,11,13-15,19H2,1-2,4-6H3,(H,35,36,38)/b37-7-. The fraction of sp³-hybridized carbons (Fsp3) is 0.364. The Kier molecular flexibility index (Phi) is 9.92. The highest BCUT2D eigenvalue weighted by molar-refractivity contribution is 9.10. The van der Waals surface area contributed by atoms with Crippen molar-refractivity contribution in [3.8, 4) is 5.75 Å². The van der Waals surface area contributed by atoms with Crippen LogP contribution in [0.15, 0.2) is 76.6 Å². The van der Waals surface area contributed by atoms with Crippen molar-refractivity contribution in [2.75, 3.05) is 36.5 Å². The monoisotopic (exact) mass is 690 g/mol. The molecule has 2 aromatic heterocycles. The Morgan fingerprint density at radius 1 is 1.26 bits per heavy atom. The minimum Gasteiger partial charge on any atom is -0.457 e. The number of aryl methyl sites for hydroxylation is 1. The first kappa shape index (κ1) is 32.9. The topological polar surface area (TPSA) is 129 Å². The van der Waals surface area contributed by atoms with E-state index in [2.05, 4.69) is 47.8 Å². The summed E-state index contributed by atoms with van der Waals surface area (Å²) in [6.07, 6.45) is 8.71. The number of piperazine rings is 1. The third kappa shape index (κ3) is 7.65. The van der Waals surface area contributed by atoms with Crippen molar-refractivity contribution in [1.29, 1.82) is 0 Å². The molecule has 242 valence electrons. The van der Waals surface area contributed by atoms with Gasteiger partial charge in [-0.25, -0.2) is 24.8 Å². The van der Waals surface area contributed by atoms with Gasteiger partial charge in [-0.2, -0.15) is 5.10 Å². The average Bonchev–Trinajstić information content (AvgIpc) is 2.99. The third-order valence-corrected chi connectivity index (χ3v) is 7.89. The lowest BCUT2D eigenvalue weighted by molar-refractivity contribution is 0.0115. The van der Waals surface area contributed by atoms with E-state index < -0.39 is 5.60 Å². The Hall–Kier alpha value is -4.49. The number of pyridine rings is 1.